The van der Waals surface area contributed by atoms with Crippen molar-refractivity contribution in [2.45, 2.75) is 149 Å². The van der Waals surface area contributed by atoms with Crippen LogP contribution >= 0.6 is 0 Å². The Morgan fingerprint density at radius 3 is 2.33 bits per heavy atom. The molecule has 16 heteroatoms. The summed E-state index contributed by atoms with van der Waals surface area (Å²) in [5.74, 6) is -4.71. The minimum Gasteiger partial charge on any atom is -0.458 e. The van der Waals surface area contributed by atoms with Crippen molar-refractivity contribution < 1.29 is 48.0 Å². The maximum absolute atomic E-state index is 14.8. The second kappa shape index (κ2) is 18.8. The molecule has 3 N–H and O–H groups in total. The average molecular weight is 855 g/mol. The first kappa shape index (κ1) is 48.1. The molecule has 2 aromatic rings. The number of methoxy groups -OCH3 is 1. The number of ketones is 2. The van der Waals surface area contributed by atoms with Crippen LogP contribution in [-0.2, 0) is 44.6 Å². The highest BCUT2D eigenvalue weighted by Crippen LogP contribution is 2.47. The van der Waals surface area contributed by atoms with Gasteiger partial charge in [0, 0.05) is 55.2 Å². The number of carbonyl (C=O) groups is 4. The number of aromatic nitrogens is 3. The van der Waals surface area contributed by atoms with Gasteiger partial charge < -0.3 is 44.3 Å². The summed E-state index contributed by atoms with van der Waals surface area (Å²) in [6.07, 6.45) is -1.39. The number of fused-ring (bicyclic) bond motifs is 1. The summed E-state index contributed by atoms with van der Waals surface area (Å²) in [6.45, 7) is 14.9. The summed E-state index contributed by atoms with van der Waals surface area (Å²) in [7, 11) is 5.24. The number of likely N-dealkylation sites (N-methyl/N-ethyl adjacent to an activating group) is 1. The summed E-state index contributed by atoms with van der Waals surface area (Å²) in [4.78, 5) is 60.8. The molecule has 16 nitrogen and oxygen atoms in total. The fraction of sp³-hybridized carbons (Fsp3) is 0.733. The van der Waals surface area contributed by atoms with Crippen molar-refractivity contribution in [1.82, 2.24) is 24.8 Å². The Bertz CT molecular complexity index is 1890. The topological polar surface area (TPSA) is 198 Å². The second-order valence-electron chi connectivity index (χ2n) is 18.5. The maximum Gasteiger partial charge on any atom is 0.410 e. The largest absolute Gasteiger partial charge is 0.458 e. The Balaban J connectivity index is 0.00000704. The van der Waals surface area contributed by atoms with Crippen LogP contribution in [0.4, 0.5) is 10.5 Å². The molecule has 4 heterocycles. The third kappa shape index (κ3) is 9.68. The Hall–Kier alpha value is -3.96. The van der Waals surface area contributed by atoms with Gasteiger partial charge in [-0.15, -0.1) is 5.10 Å². The van der Waals surface area contributed by atoms with E-state index in [1.54, 1.807) is 37.3 Å². The van der Waals surface area contributed by atoms with Gasteiger partial charge in [0.1, 0.15) is 29.6 Å². The smallest absolute Gasteiger partial charge is 0.410 e. The number of aliphatic hydroxyl groups is 1. The standard InChI is InChI=1S/C44H66N6O10.CH4/c1-12-34-44(8)38(50(42(55)60-44)21-30-17-29(30)20-49-22-32(46-47-49)28-14-13-15-31(45)18-28)25(4)35(51)23(2)19-43(7,56-11)39(26(5)36(52)27(6)40(54)58-34)59-41-37(53)33(48(9)10)16-24(3)57-41;/h13-15,18,22-27,29-30,33-34,37-39,41,53H,12,16-17,19-21,45H2,1-11H3;1H4/t23-,24?,25+,26+,27-,29?,30?,33?,34-,37?,38-,39-,41+,43-,44-;/m1./s1. The molecule has 0 spiro atoms. The number of benzene rings is 1. The minimum absolute atomic E-state index is 0. The Kier molecular flexibility index (Phi) is 14.8. The normalized spacial score (nSPS) is 38.6. The monoisotopic (exact) mass is 855 g/mol. The number of hydrogen-bond donors (Lipinski definition) is 2. The number of esters is 1. The van der Waals surface area contributed by atoms with Crippen LogP contribution in [0.1, 0.15) is 88.5 Å². The van der Waals surface area contributed by atoms with E-state index in [9.17, 15) is 24.3 Å². The lowest BCUT2D eigenvalue weighted by molar-refractivity contribution is -0.295. The molecule has 0 radical (unpaired) electrons. The van der Waals surface area contributed by atoms with Crippen LogP contribution < -0.4 is 5.73 Å². The van der Waals surface area contributed by atoms with Gasteiger partial charge in [-0.3, -0.25) is 19.1 Å². The van der Waals surface area contributed by atoms with Gasteiger partial charge in [0.05, 0.1) is 30.0 Å². The van der Waals surface area contributed by atoms with Crippen molar-refractivity contribution in [3.8, 4) is 11.3 Å². The lowest BCUT2D eigenvalue weighted by Gasteiger charge is -2.47. The summed E-state index contributed by atoms with van der Waals surface area (Å²) < 4.78 is 33.1. The van der Waals surface area contributed by atoms with Gasteiger partial charge >= 0.3 is 12.1 Å². The second-order valence-corrected chi connectivity index (χ2v) is 18.5. The molecule has 1 saturated carbocycles. The highest BCUT2D eigenvalue weighted by Gasteiger charge is 2.61. The molecule has 4 fully saturated rings. The van der Waals surface area contributed by atoms with Crippen molar-refractivity contribution in [2.75, 3.05) is 33.5 Å². The molecule has 61 heavy (non-hydrogen) atoms. The van der Waals surface area contributed by atoms with Gasteiger partial charge in [-0.25, -0.2) is 4.79 Å². The number of ether oxygens (including phenoxy) is 5. The molecule has 3 aliphatic heterocycles. The molecule has 15 atom stereocenters. The van der Waals surface area contributed by atoms with Crippen LogP contribution in [0.25, 0.3) is 11.3 Å². The van der Waals surface area contributed by atoms with Gasteiger partial charge in [-0.2, -0.15) is 0 Å². The maximum atomic E-state index is 14.8. The number of anilines is 1. The molecule has 6 rings (SSSR count). The first-order valence-electron chi connectivity index (χ1n) is 21.5. The molecule has 0 bridgehead atoms. The lowest BCUT2D eigenvalue weighted by Crippen LogP contribution is -2.60. The molecule has 1 aromatic carbocycles. The predicted octanol–water partition coefficient (Wildman–Crippen LogP) is 5.00. The summed E-state index contributed by atoms with van der Waals surface area (Å²) in [5, 5.41) is 20.2. The third-order valence-electron chi connectivity index (χ3n) is 13.8. The first-order chi connectivity index (χ1) is 28.2. The lowest BCUT2D eigenvalue weighted by atomic mass is 9.73. The van der Waals surface area contributed by atoms with Gasteiger partial charge in [-0.05, 0) is 91.4 Å². The van der Waals surface area contributed by atoms with Gasteiger partial charge in [0.2, 0.25) is 0 Å². The van der Waals surface area contributed by atoms with E-state index >= 15 is 0 Å². The van der Waals surface area contributed by atoms with Gasteiger partial charge in [0.25, 0.3) is 0 Å². The van der Waals surface area contributed by atoms with Crippen molar-refractivity contribution in [3.05, 3.63) is 30.5 Å². The molecule has 1 aliphatic carbocycles. The third-order valence-corrected chi connectivity index (χ3v) is 13.8. The zero-order valence-electron chi connectivity index (χ0n) is 37.1. The number of rotatable bonds is 10. The number of aliphatic hydroxyl groups excluding tert-OH is 1. The molecule has 4 aliphatic rings. The van der Waals surface area contributed by atoms with Crippen molar-refractivity contribution in [2.24, 2.45) is 35.5 Å². The Morgan fingerprint density at radius 2 is 1.69 bits per heavy atom. The average Bonchev–Trinajstić information content (AvgIpc) is 3.65. The number of nitrogens with two attached hydrogens (primary N) is 1. The number of cyclic esters (lactones) is 1. The zero-order valence-corrected chi connectivity index (χ0v) is 37.1. The molecule has 3 saturated heterocycles. The van der Waals surface area contributed by atoms with E-state index in [0.717, 1.165) is 12.0 Å². The summed E-state index contributed by atoms with van der Waals surface area (Å²) >= 11 is 0. The highest BCUT2D eigenvalue weighted by molar-refractivity contribution is 6.00. The molecule has 5 unspecified atom stereocenters. The van der Waals surface area contributed by atoms with Crippen LogP contribution in [0, 0.1) is 35.5 Å². The van der Waals surface area contributed by atoms with E-state index < -0.39 is 83.4 Å². The fourth-order valence-corrected chi connectivity index (χ4v) is 10.1. The van der Waals surface area contributed by atoms with Crippen LogP contribution in [0.5, 0.6) is 0 Å². The van der Waals surface area contributed by atoms with Crippen LogP contribution in [0.3, 0.4) is 0 Å². The molecular weight excluding hydrogens is 785 g/mol. The number of nitrogen functional groups attached to an aromatic ring is 1. The van der Waals surface area contributed by atoms with Gasteiger partial charge in [0.15, 0.2) is 17.7 Å². The van der Waals surface area contributed by atoms with Crippen LogP contribution in [0.2, 0.25) is 0 Å². The van der Waals surface area contributed by atoms with Crippen molar-refractivity contribution in [1.29, 1.82) is 0 Å². The number of amides is 1. The van der Waals surface area contributed by atoms with E-state index in [4.69, 9.17) is 29.4 Å². The summed E-state index contributed by atoms with van der Waals surface area (Å²) in [5.41, 5.74) is 5.50. The molecule has 1 amide bonds. The number of nitrogens with zero attached hydrogens (tertiary/aromatic N) is 5. The first-order valence-corrected chi connectivity index (χ1v) is 21.5. The molecule has 1 aromatic heterocycles. The van der Waals surface area contributed by atoms with Crippen LogP contribution in [-0.4, -0.2) is 135 Å². The molecular formula is C45H70N6O10. The quantitative estimate of drug-likeness (QED) is 0.184. The number of Topliss-reactive ketones (excluding diaryl/α,β-unsaturated/α-hetero) is 2. The van der Waals surface area contributed by atoms with E-state index in [1.807, 2.05) is 70.2 Å². The number of hydrogen-bond acceptors (Lipinski definition) is 14. The van der Waals surface area contributed by atoms with Gasteiger partial charge in [-0.1, -0.05) is 52.5 Å². The van der Waals surface area contributed by atoms with E-state index in [-0.39, 0.29) is 50.0 Å². The Morgan fingerprint density at radius 1 is 1.00 bits per heavy atom. The zero-order chi connectivity index (χ0) is 44.0. The van der Waals surface area contributed by atoms with E-state index in [2.05, 4.69) is 10.3 Å². The number of carbonyl (C=O) groups excluding carboxylic acids is 4. The van der Waals surface area contributed by atoms with Crippen molar-refractivity contribution in [3.63, 3.8) is 0 Å². The Labute approximate surface area is 361 Å². The van der Waals surface area contributed by atoms with E-state index in [1.165, 1.54) is 14.0 Å². The summed E-state index contributed by atoms with van der Waals surface area (Å²) in [6, 6.07) is 6.37. The predicted molar refractivity (Wildman–Crippen MR) is 228 cm³/mol. The minimum atomic E-state index is -1.41. The SMILES string of the molecule is C.CC[C@H]1OC(=O)[C@H](C)C(=O)[C@H](C)[C@@H](O[C@@H]2OC(C)CC(N(C)C)C2O)[C@](C)(OC)C[C@@H](C)C(=O)[C@H](C)[C@H]2N(CC3CC3Cn3cc(-c4cccc(N)c4)nn3)C(=O)O[C@]12C. The van der Waals surface area contributed by atoms with Crippen LogP contribution in [0.15, 0.2) is 30.5 Å². The highest BCUT2D eigenvalue weighted by atomic mass is 16.7. The van der Waals surface area contributed by atoms with Crippen molar-refractivity contribution >= 4 is 29.3 Å². The van der Waals surface area contributed by atoms with E-state index in [0.29, 0.717) is 30.9 Å². The molecule has 340 valence electrons. The fourth-order valence-electron chi connectivity index (χ4n) is 10.1.